The summed E-state index contributed by atoms with van der Waals surface area (Å²) in [6.07, 6.45) is 1.90. The van der Waals surface area contributed by atoms with Gasteiger partial charge in [0.15, 0.2) is 11.2 Å². The molecular weight excluding hydrogens is 366 g/mol. The molecule has 3 aromatic heterocycles. The first-order chi connectivity index (χ1) is 14.0. The minimum atomic E-state index is -0.482. The van der Waals surface area contributed by atoms with Crippen LogP contribution in [0.3, 0.4) is 0 Å². The number of nitrogens with one attached hydrogen (secondary N) is 1. The topological polar surface area (TPSA) is 77.1 Å². The molecule has 0 aliphatic rings. The fourth-order valence-electron chi connectivity index (χ4n) is 3.77. The lowest BCUT2D eigenvalue weighted by atomic mass is 10.1. The number of aryl methyl sites for hydroxylation is 3. The van der Waals surface area contributed by atoms with Crippen LogP contribution in [0.25, 0.3) is 33.9 Å². The number of H-pyrrole nitrogens is 1. The van der Waals surface area contributed by atoms with Gasteiger partial charge in [-0.2, -0.15) is 4.98 Å². The zero-order valence-electron chi connectivity index (χ0n) is 16.3. The van der Waals surface area contributed by atoms with Gasteiger partial charge in [0.05, 0.1) is 11.4 Å². The Morgan fingerprint density at radius 1 is 1.00 bits per heavy atom. The fourth-order valence-corrected chi connectivity index (χ4v) is 3.77. The predicted octanol–water partition coefficient (Wildman–Crippen LogP) is 2.95. The highest BCUT2D eigenvalue weighted by molar-refractivity contribution is 5.79. The fraction of sp³-hybridized carbons (Fsp3) is 0.136. The van der Waals surface area contributed by atoms with Gasteiger partial charge in [0.2, 0.25) is 5.78 Å². The second kappa shape index (κ2) is 6.07. The quantitative estimate of drug-likeness (QED) is 0.508. The molecule has 7 heteroatoms. The molecule has 5 aromatic rings. The van der Waals surface area contributed by atoms with Crippen molar-refractivity contribution in [2.75, 3.05) is 0 Å². The summed E-state index contributed by atoms with van der Waals surface area (Å²) >= 11 is 0. The number of aromatic nitrogens is 5. The second-order valence-electron chi connectivity index (χ2n) is 7.28. The maximum atomic E-state index is 12.6. The van der Waals surface area contributed by atoms with Gasteiger partial charge in [-0.05, 0) is 31.0 Å². The van der Waals surface area contributed by atoms with Crippen LogP contribution in [0.2, 0.25) is 0 Å². The van der Waals surface area contributed by atoms with Crippen LogP contribution < -0.4 is 11.2 Å². The van der Waals surface area contributed by atoms with E-state index < -0.39 is 11.2 Å². The Morgan fingerprint density at radius 3 is 2.52 bits per heavy atom. The summed E-state index contributed by atoms with van der Waals surface area (Å²) in [6, 6.07) is 16.2. The summed E-state index contributed by atoms with van der Waals surface area (Å²) in [5, 5.41) is 0. The van der Waals surface area contributed by atoms with Crippen LogP contribution in [0.5, 0.6) is 0 Å². The van der Waals surface area contributed by atoms with Crippen LogP contribution in [-0.2, 0) is 7.05 Å². The first kappa shape index (κ1) is 17.2. The van der Waals surface area contributed by atoms with Crippen molar-refractivity contribution in [3.8, 4) is 16.9 Å². The molecule has 0 radical (unpaired) electrons. The van der Waals surface area contributed by atoms with Gasteiger partial charge in [0.1, 0.15) is 0 Å². The van der Waals surface area contributed by atoms with Crippen molar-refractivity contribution >= 4 is 16.9 Å². The molecular formula is C22H19N5O2. The van der Waals surface area contributed by atoms with Gasteiger partial charge in [-0.3, -0.25) is 23.3 Å². The third kappa shape index (κ3) is 2.47. The Kier molecular flexibility index (Phi) is 3.61. The third-order valence-corrected chi connectivity index (χ3v) is 5.30. The zero-order chi connectivity index (χ0) is 20.3. The number of rotatable bonds is 2. The first-order valence-electron chi connectivity index (χ1n) is 9.31. The highest BCUT2D eigenvalue weighted by atomic mass is 16.2. The third-order valence-electron chi connectivity index (χ3n) is 5.30. The molecule has 3 heterocycles. The van der Waals surface area contributed by atoms with Crippen molar-refractivity contribution in [3.63, 3.8) is 0 Å². The van der Waals surface area contributed by atoms with E-state index in [2.05, 4.69) is 23.2 Å². The molecule has 0 saturated carbocycles. The molecule has 0 saturated heterocycles. The Bertz CT molecular complexity index is 1520. The van der Waals surface area contributed by atoms with Crippen LogP contribution in [0.15, 0.2) is 64.3 Å². The molecule has 5 rings (SSSR count). The molecule has 1 N–H and O–H groups in total. The number of benzene rings is 2. The number of aromatic amines is 1. The monoisotopic (exact) mass is 385 g/mol. The number of imidazole rings is 2. The van der Waals surface area contributed by atoms with E-state index in [1.165, 1.54) is 4.57 Å². The summed E-state index contributed by atoms with van der Waals surface area (Å²) in [7, 11) is 1.60. The molecule has 0 aliphatic carbocycles. The molecule has 7 nitrogen and oxygen atoms in total. The van der Waals surface area contributed by atoms with Gasteiger partial charge in [0.25, 0.3) is 5.56 Å². The molecule has 144 valence electrons. The molecule has 2 aromatic carbocycles. The Morgan fingerprint density at radius 2 is 1.76 bits per heavy atom. The van der Waals surface area contributed by atoms with Crippen LogP contribution >= 0.6 is 0 Å². The molecule has 0 spiro atoms. The average molecular weight is 385 g/mol. The van der Waals surface area contributed by atoms with Crippen molar-refractivity contribution in [2.24, 2.45) is 7.05 Å². The largest absolute Gasteiger partial charge is 0.329 e. The minimum absolute atomic E-state index is 0.350. The molecule has 0 atom stereocenters. The van der Waals surface area contributed by atoms with Crippen LogP contribution in [-0.4, -0.2) is 23.5 Å². The summed E-state index contributed by atoms with van der Waals surface area (Å²) < 4.78 is 5.17. The van der Waals surface area contributed by atoms with Gasteiger partial charge >= 0.3 is 5.69 Å². The maximum absolute atomic E-state index is 12.6. The smallest absolute Gasteiger partial charge is 0.279 e. The SMILES string of the molecule is Cc1ccc(C)c(-n2c(-c3ccccc3)cn3c4c(=O)[nH]c(=O)n(C)c4nc23)c1. The molecule has 29 heavy (non-hydrogen) atoms. The second-order valence-corrected chi connectivity index (χ2v) is 7.28. The van der Waals surface area contributed by atoms with E-state index in [9.17, 15) is 9.59 Å². The lowest BCUT2D eigenvalue weighted by Gasteiger charge is -2.13. The van der Waals surface area contributed by atoms with Crippen molar-refractivity contribution < 1.29 is 0 Å². The van der Waals surface area contributed by atoms with Gasteiger partial charge in [-0.25, -0.2) is 4.79 Å². The molecule has 0 bridgehead atoms. The van der Waals surface area contributed by atoms with Crippen molar-refractivity contribution in [1.82, 2.24) is 23.5 Å². The Balaban J connectivity index is 2.00. The minimum Gasteiger partial charge on any atom is -0.279 e. The maximum Gasteiger partial charge on any atom is 0.329 e. The Labute approximate surface area is 165 Å². The predicted molar refractivity (Wildman–Crippen MR) is 113 cm³/mol. The standard InChI is InChI=1S/C22H19N5O2/c1-13-9-10-14(2)16(11-13)27-17(15-7-5-4-6-8-15)12-26-18-19(23-21(26)27)25(3)22(29)24-20(18)28/h4-12H,1-3H3,(H,24,28,29). The number of nitrogens with zero attached hydrogens (tertiary/aromatic N) is 4. The van der Waals surface area contributed by atoms with Crippen LogP contribution in [0, 0.1) is 13.8 Å². The van der Waals surface area contributed by atoms with E-state index in [4.69, 9.17) is 4.98 Å². The average Bonchev–Trinajstić information content (AvgIpc) is 3.25. The van der Waals surface area contributed by atoms with E-state index in [-0.39, 0.29) is 0 Å². The highest BCUT2D eigenvalue weighted by Crippen LogP contribution is 2.30. The molecule has 0 unspecified atom stereocenters. The van der Waals surface area contributed by atoms with Crippen molar-refractivity contribution in [3.05, 3.63) is 86.7 Å². The molecule has 0 aliphatic heterocycles. The number of hydrogen-bond acceptors (Lipinski definition) is 3. The lowest BCUT2D eigenvalue weighted by molar-refractivity contribution is 0.831. The summed E-state index contributed by atoms with van der Waals surface area (Å²) in [6.45, 7) is 4.09. The van der Waals surface area contributed by atoms with E-state index >= 15 is 0 Å². The Hall–Kier alpha value is -3.87. The zero-order valence-corrected chi connectivity index (χ0v) is 16.3. The summed E-state index contributed by atoms with van der Waals surface area (Å²) in [4.78, 5) is 31.7. The van der Waals surface area contributed by atoms with Crippen LogP contribution in [0.1, 0.15) is 11.1 Å². The normalized spacial score (nSPS) is 11.6. The number of hydrogen-bond donors (Lipinski definition) is 1. The van der Waals surface area contributed by atoms with Gasteiger partial charge in [-0.1, -0.05) is 42.5 Å². The van der Waals surface area contributed by atoms with E-state index in [1.54, 1.807) is 11.4 Å². The van der Waals surface area contributed by atoms with Crippen LogP contribution in [0.4, 0.5) is 0 Å². The lowest BCUT2D eigenvalue weighted by Crippen LogP contribution is -2.28. The van der Waals surface area contributed by atoms with Gasteiger partial charge in [0, 0.05) is 18.8 Å². The summed E-state index contributed by atoms with van der Waals surface area (Å²) in [5.74, 6) is 0.583. The van der Waals surface area contributed by atoms with E-state index in [0.717, 1.165) is 28.1 Å². The van der Waals surface area contributed by atoms with Gasteiger partial charge < -0.3 is 0 Å². The van der Waals surface area contributed by atoms with Gasteiger partial charge in [-0.15, -0.1) is 0 Å². The van der Waals surface area contributed by atoms with Crippen molar-refractivity contribution in [2.45, 2.75) is 13.8 Å². The summed E-state index contributed by atoms with van der Waals surface area (Å²) in [5.41, 5.74) is 4.88. The molecule has 0 fully saturated rings. The number of fused-ring (bicyclic) bond motifs is 3. The van der Waals surface area contributed by atoms with Crippen molar-refractivity contribution in [1.29, 1.82) is 0 Å². The molecule has 0 amide bonds. The first-order valence-corrected chi connectivity index (χ1v) is 9.31. The van der Waals surface area contributed by atoms with E-state index in [1.807, 2.05) is 54.9 Å². The highest BCUT2D eigenvalue weighted by Gasteiger charge is 2.21. The van der Waals surface area contributed by atoms with E-state index in [0.29, 0.717) is 16.9 Å².